The van der Waals surface area contributed by atoms with Crippen LogP contribution >= 0.6 is 11.6 Å². The summed E-state index contributed by atoms with van der Waals surface area (Å²) < 4.78 is 10.2. The summed E-state index contributed by atoms with van der Waals surface area (Å²) >= 11 is 5.96. The molecule has 0 aliphatic rings. The van der Waals surface area contributed by atoms with Crippen LogP contribution < -0.4 is 4.74 Å². The maximum Gasteiger partial charge on any atom is 0.341 e. The molecule has 0 aromatic heterocycles. The topological polar surface area (TPSA) is 35.5 Å². The predicted molar refractivity (Wildman–Crippen MR) is 63.3 cm³/mol. The molecule has 0 radical (unpaired) electrons. The van der Waals surface area contributed by atoms with Gasteiger partial charge in [0.2, 0.25) is 0 Å². The van der Waals surface area contributed by atoms with Gasteiger partial charge in [-0.25, -0.2) is 4.79 Å². The number of halogens is 1. The Morgan fingerprint density at radius 1 is 1.44 bits per heavy atom. The standard InChI is InChI=1S/C12H15ClO3/c1-4-5-16-11-6-8(2)10(13)7-9(11)12(14)15-3/h6-7H,4-5H2,1-3H3. The molecular weight excluding hydrogens is 228 g/mol. The van der Waals surface area contributed by atoms with Crippen molar-refractivity contribution in [2.24, 2.45) is 0 Å². The third-order valence-electron chi connectivity index (χ3n) is 2.13. The Morgan fingerprint density at radius 2 is 2.12 bits per heavy atom. The van der Waals surface area contributed by atoms with Gasteiger partial charge in [0, 0.05) is 5.02 Å². The van der Waals surface area contributed by atoms with Gasteiger partial charge in [0.05, 0.1) is 13.7 Å². The van der Waals surface area contributed by atoms with E-state index in [0.29, 0.717) is 22.9 Å². The van der Waals surface area contributed by atoms with Gasteiger partial charge in [-0.1, -0.05) is 18.5 Å². The van der Waals surface area contributed by atoms with Crippen LogP contribution in [0.2, 0.25) is 5.02 Å². The Hall–Kier alpha value is -1.22. The zero-order chi connectivity index (χ0) is 12.1. The van der Waals surface area contributed by atoms with E-state index in [0.717, 1.165) is 12.0 Å². The summed E-state index contributed by atoms with van der Waals surface area (Å²) in [6.45, 7) is 4.42. The van der Waals surface area contributed by atoms with Crippen LogP contribution in [0.15, 0.2) is 12.1 Å². The molecule has 0 aliphatic carbocycles. The second-order valence-corrected chi connectivity index (χ2v) is 3.84. The fourth-order valence-electron chi connectivity index (χ4n) is 1.26. The first-order chi connectivity index (χ1) is 7.60. The molecule has 0 heterocycles. The van der Waals surface area contributed by atoms with E-state index in [1.54, 1.807) is 12.1 Å². The molecule has 0 N–H and O–H groups in total. The van der Waals surface area contributed by atoms with Crippen molar-refractivity contribution in [1.82, 2.24) is 0 Å². The number of hydrogen-bond donors (Lipinski definition) is 0. The average Bonchev–Trinajstić information content (AvgIpc) is 2.29. The minimum atomic E-state index is -0.437. The van der Waals surface area contributed by atoms with Gasteiger partial charge in [0.1, 0.15) is 11.3 Å². The molecule has 0 atom stereocenters. The van der Waals surface area contributed by atoms with Gasteiger partial charge in [-0.15, -0.1) is 0 Å². The van der Waals surface area contributed by atoms with E-state index in [9.17, 15) is 4.79 Å². The van der Waals surface area contributed by atoms with Crippen molar-refractivity contribution in [3.05, 3.63) is 28.3 Å². The van der Waals surface area contributed by atoms with Gasteiger partial charge in [0.25, 0.3) is 0 Å². The highest BCUT2D eigenvalue weighted by Gasteiger charge is 2.15. The normalized spacial score (nSPS) is 10.0. The maximum absolute atomic E-state index is 11.5. The number of rotatable bonds is 4. The number of aryl methyl sites for hydroxylation is 1. The number of carbonyl (C=O) groups is 1. The highest BCUT2D eigenvalue weighted by molar-refractivity contribution is 6.31. The third kappa shape index (κ3) is 2.89. The SMILES string of the molecule is CCCOc1cc(C)c(Cl)cc1C(=O)OC. The monoisotopic (exact) mass is 242 g/mol. The Kier molecular flexibility index (Phi) is 4.62. The number of esters is 1. The molecule has 4 heteroatoms. The molecule has 0 amide bonds. The minimum Gasteiger partial charge on any atom is -0.493 e. The van der Waals surface area contributed by atoms with Gasteiger partial charge in [-0.05, 0) is 31.0 Å². The molecule has 0 unspecified atom stereocenters. The van der Waals surface area contributed by atoms with Crippen LogP contribution in [0.5, 0.6) is 5.75 Å². The molecule has 0 spiro atoms. The molecule has 3 nitrogen and oxygen atoms in total. The van der Waals surface area contributed by atoms with Gasteiger partial charge in [-0.3, -0.25) is 0 Å². The first kappa shape index (κ1) is 12.8. The van der Waals surface area contributed by atoms with Crippen LogP contribution in [-0.4, -0.2) is 19.7 Å². The van der Waals surface area contributed by atoms with Gasteiger partial charge in [0.15, 0.2) is 0 Å². The molecular formula is C12H15ClO3. The van der Waals surface area contributed by atoms with Crippen LogP contribution in [0.4, 0.5) is 0 Å². The average molecular weight is 243 g/mol. The lowest BCUT2D eigenvalue weighted by Gasteiger charge is -2.11. The molecule has 88 valence electrons. The first-order valence-electron chi connectivity index (χ1n) is 5.11. The lowest BCUT2D eigenvalue weighted by Crippen LogP contribution is -2.07. The summed E-state index contributed by atoms with van der Waals surface area (Å²) in [5, 5.41) is 0.532. The van der Waals surface area contributed by atoms with Crippen molar-refractivity contribution < 1.29 is 14.3 Å². The molecule has 0 fully saturated rings. The molecule has 0 saturated heterocycles. The van der Waals surface area contributed by atoms with Crippen molar-refractivity contribution in [3.8, 4) is 5.75 Å². The fraction of sp³-hybridized carbons (Fsp3) is 0.417. The zero-order valence-electron chi connectivity index (χ0n) is 9.67. The third-order valence-corrected chi connectivity index (χ3v) is 2.54. The van der Waals surface area contributed by atoms with Crippen LogP contribution in [0, 0.1) is 6.92 Å². The van der Waals surface area contributed by atoms with E-state index in [1.807, 2.05) is 13.8 Å². The summed E-state index contributed by atoms with van der Waals surface area (Å²) in [6.07, 6.45) is 0.877. The Labute approximate surface area is 100 Å². The van der Waals surface area contributed by atoms with Crippen molar-refractivity contribution in [3.63, 3.8) is 0 Å². The molecule has 1 aromatic carbocycles. The van der Waals surface area contributed by atoms with E-state index in [4.69, 9.17) is 16.3 Å². The second kappa shape index (κ2) is 5.75. The minimum absolute atomic E-state index is 0.367. The number of ether oxygens (including phenoxy) is 2. The van der Waals surface area contributed by atoms with Gasteiger partial charge >= 0.3 is 5.97 Å². The number of hydrogen-bond acceptors (Lipinski definition) is 3. The van der Waals surface area contributed by atoms with Gasteiger partial charge < -0.3 is 9.47 Å². The quantitative estimate of drug-likeness (QED) is 0.761. The lowest BCUT2D eigenvalue weighted by molar-refractivity contribution is 0.0596. The highest BCUT2D eigenvalue weighted by atomic mass is 35.5. The highest BCUT2D eigenvalue weighted by Crippen LogP contribution is 2.27. The Bertz CT molecular complexity index is 388. The van der Waals surface area contributed by atoms with Crippen molar-refractivity contribution >= 4 is 17.6 Å². The smallest absolute Gasteiger partial charge is 0.341 e. The Morgan fingerprint density at radius 3 is 2.69 bits per heavy atom. The molecule has 0 bridgehead atoms. The van der Waals surface area contributed by atoms with E-state index in [-0.39, 0.29) is 0 Å². The van der Waals surface area contributed by atoms with Crippen LogP contribution in [0.25, 0.3) is 0 Å². The summed E-state index contributed by atoms with van der Waals surface area (Å²) in [6, 6.07) is 3.33. The van der Waals surface area contributed by atoms with Crippen LogP contribution in [0.1, 0.15) is 29.3 Å². The predicted octanol–water partition coefficient (Wildman–Crippen LogP) is 3.22. The second-order valence-electron chi connectivity index (χ2n) is 3.44. The van der Waals surface area contributed by atoms with Crippen molar-refractivity contribution in [2.45, 2.75) is 20.3 Å². The first-order valence-corrected chi connectivity index (χ1v) is 5.49. The van der Waals surface area contributed by atoms with Crippen LogP contribution in [0.3, 0.4) is 0 Å². The van der Waals surface area contributed by atoms with E-state index in [1.165, 1.54) is 7.11 Å². The fourth-order valence-corrected chi connectivity index (χ4v) is 1.42. The number of methoxy groups -OCH3 is 1. The van der Waals surface area contributed by atoms with E-state index < -0.39 is 5.97 Å². The van der Waals surface area contributed by atoms with Crippen molar-refractivity contribution in [2.75, 3.05) is 13.7 Å². The maximum atomic E-state index is 11.5. The summed E-state index contributed by atoms with van der Waals surface area (Å²) in [4.78, 5) is 11.5. The molecule has 0 aliphatic heterocycles. The number of benzene rings is 1. The van der Waals surface area contributed by atoms with E-state index in [2.05, 4.69) is 4.74 Å². The molecule has 1 aromatic rings. The molecule has 0 saturated carbocycles. The molecule has 1 rings (SSSR count). The summed E-state index contributed by atoms with van der Waals surface area (Å²) in [5.41, 5.74) is 1.24. The van der Waals surface area contributed by atoms with Gasteiger partial charge in [-0.2, -0.15) is 0 Å². The number of carbonyl (C=O) groups excluding carboxylic acids is 1. The van der Waals surface area contributed by atoms with Crippen molar-refractivity contribution in [1.29, 1.82) is 0 Å². The summed E-state index contributed by atoms with van der Waals surface area (Å²) in [5.74, 6) is 0.0867. The van der Waals surface area contributed by atoms with Crippen LogP contribution in [-0.2, 0) is 4.74 Å². The molecule has 16 heavy (non-hydrogen) atoms. The summed E-state index contributed by atoms with van der Waals surface area (Å²) in [7, 11) is 1.33. The largest absolute Gasteiger partial charge is 0.493 e. The zero-order valence-corrected chi connectivity index (χ0v) is 10.4. The lowest BCUT2D eigenvalue weighted by atomic mass is 10.1. The van der Waals surface area contributed by atoms with E-state index >= 15 is 0 Å². The Balaban J connectivity index is 3.11.